The molecule has 1 rings (SSSR count). The fraction of sp³-hybridized carbons (Fsp3) is 0.125. The van der Waals surface area contributed by atoms with Gasteiger partial charge in [0.1, 0.15) is 0 Å². The smallest absolute Gasteiger partial charge is 0.195 e. The van der Waals surface area contributed by atoms with Crippen molar-refractivity contribution in [3.05, 3.63) is 35.9 Å². The van der Waals surface area contributed by atoms with Crippen LogP contribution >= 0.6 is 11.8 Å². The summed E-state index contributed by atoms with van der Waals surface area (Å²) in [6, 6.07) is 9.60. The Morgan fingerprint density at radius 1 is 1.36 bits per heavy atom. The predicted octanol–water partition coefficient (Wildman–Crippen LogP) is 2.12. The van der Waals surface area contributed by atoms with Crippen LogP contribution in [0.15, 0.2) is 30.3 Å². The Balaban J connectivity index is 2.60. The molecule has 0 aliphatic heterocycles. The van der Waals surface area contributed by atoms with E-state index in [9.17, 15) is 0 Å². The molecule has 2 nitrogen and oxygen atoms in total. The number of nitriles is 1. The van der Waals surface area contributed by atoms with Crippen molar-refractivity contribution in [1.82, 2.24) is 4.42 Å². The second kappa shape index (κ2) is 3.85. The Labute approximate surface area is 70.7 Å². The van der Waals surface area contributed by atoms with Crippen LogP contribution < -0.4 is 0 Å². The van der Waals surface area contributed by atoms with E-state index in [4.69, 9.17) is 17.0 Å². The number of hydrogen-bond acceptors (Lipinski definition) is 2. The number of nitrogens with zero attached hydrogens (tertiary/aromatic N) is 2. The van der Waals surface area contributed by atoms with E-state index in [1.807, 2.05) is 36.5 Å². The van der Waals surface area contributed by atoms with Crippen LogP contribution in [0.5, 0.6) is 0 Å². The summed E-state index contributed by atoms with van der Waals surface area (Å²) in [4.78, 5) is 0. The van der Waals surface area contributed by atoms with Crippen molar-refractivity contribution < 1.29 is 0 Å². The van der Waals surface area contributed by atoms with E-state index in [-0.39, 0.29) is 0 Å². The summed E-state index contributed by atoms with van der Waals surface area (Å²) in [7, 11) is 0. The lowest BCUT2D eigenvalue weighted by atomic mass is 10.2. The van der Waals surface area contributed by atoms with E-state index in [1.165, 1.54) is 0 Å². The molecule has 0 spiro atoms. The molecule has 56 valence electrons. The molecule has 1 aromatic carbocycles. The van der Waals surface area contributed by atoms with Crippen molar-refractivity contribution in [3.8, 4) is 6.19 Å². The van der Waals surface area contributed by atoms with Crippen molar-refractivity contribution >= 4 is 11.8 Å². The van der Waals surface area contributed by atoms with Crippen LogP contribution in [0.2, 0.25) is 0 Å². The molecule has 0 amide bonds. The van der Waals surface area contributed by atoms with Gasteiger partial charge in [0.25, 0.3) is 0 Å². The van der Waals surface area contributed by atoms with E-state index < -0.39 is 0 Å². The molecule has 0 N–H and O–H groups in total. The average Bonchev–Trinajstić information content (AvgIpc) is 2.06. The molecule has 11 heavy (non-hydrogen) atoms. The lowest BCUT2D eigenvalue weighted by molar-refractivity contribution is 0.619. The number of halogens is 1. The molecule has 0 bridgehead atoms. The molecular weight excluding hydrogens is 160 g/mol. The molecule has 0 atom stereocenters. The van der Waals surface area contributed by atoms with Gasteiger partial charge in [-0.25, -0.2) is 4.42 Å². The largest absolute Gasteiger partial charge is 0.217 e. The van der Waals surface area contributed by atoms with Gasteiger partial charge in [0.2, 0.25) is 0 Å². The highest BCUT2D eigenvalue weighted by Gasteiger charge is 1.96. The monoisotopic (exact) mass is 166 g/mol. The summed E-state index contributed by atoms with van der Waals surface area (Å²) in [6.07, 6.45) is 1.81. The standard InChI is InChI=1S/C8H7ClN2/c9-11(7-10)6-8-4-2-1-3-5-8/h1-5H,6H2. The molecule has 0 fully saturated rings. The zero-order chi connectivity index (χ0) is 8.10. The van der Waals surface area contributed by atoms with Crippen LogP contribution in [0.1, 0.15) is 5.56 Å². The Hall–Kier alpha value is -1.20. The third-order valence-electron chi connectivity index (χ3n) is 1.27. The first-order valence-corrected chi connectivity index (χ1v) is 3.53. The summed E-state index contributed by atoms with van der Waals surface area (Å²) < 4.78 is 1.06. The third kappa shape index (κ3) is 2.48. The zero-order valence-corrected chi connectivity index (χ0v) is 6.62. The van der Waals surface area contributed by atoms with Gasteiger partial charge in [0.15, 0.2) is 6.19 Å². The van der Waals surface area contributed by atoms with Gasteiger partial charge in [0, 0.05) is 11.8 Å². The Morgan fingerprint density at radius 3 is 2.55 bits per heavy atom. The highest BCUT2D eigenvalue weighted by molar-refractivity contribution is 6.14. The van der Waals surface area contributed by atoms with Gasteiger partial charge in [-0.1, -0.05) is 30.3 Å². The summed E-state index contributed by atoms with van der Waals surface area (Å²) in [6.45, 7) is 0.457. The molecule has 3 heteroatoms. The number of rotatable bonds is 2. The molecule has 0 radical (unpaired) electrons. The van der Waals surface area contributed by atoms with Gasteiger partial charge < -0.3 is 0 Å². The van der Waals surface area contributed by atoms with Crippen LogP contribution in [0.25, 0.3) is 0 Å². The first kappa shape index (κ1) is 7.90. The molecule has 0 aliphatic rings. The fourth-order valence-corrected chi connectivity index (χ4v) is 0.917. The molecule has 0 aliphatic carbocycles. The van der Waals surface area contributed by atoms with Gasteiger partial charge in [-0.2, -0.15) is 5.26 Å². The van der Waals surface area contributed by atoms with E-state index in [0.29, 0.717) is 6.54 Å². The van der Waals surface area contributed by atoms with E-state index >= 15 is 0 Å². The molecule has 0 saturated carbocycles. The summed E-state index contributed by atoms with van der Waals surface area (Å²) >= 11 is 5.47. The maximum atomic E-state index is 8.34. The molecule has 0 aromatic heterocycles. The summed E-state index contributed by atoms with van der Waals surface area (Å²) in [5.74, 6) is 0. The first-order valence-electron chi connectivity index (χ1n) is 3.20. The van der Waals surface area contributed by atoms with Crippen molar-refractivity contribution in [3.63, 3.8) is 0 Å². The number of hydrogen-bond donors (Lipinski definition) is 0. The SMILES string of the molecule is N#CN(Cl)Cc1ccccc1. The lowest BCUT2D eigenvalue weighted by Crippen LogP contribution is -2.02. The summed E-state index contributed by atoms with van der Waals surface area (Å²) in [5.41, 5.74) is 1.03. The normalized spacial score (nSPS) is 8.73. The zero-order valence-electron chi connectivity index (χ0n) is 5.87. The van der Waals surface area contributed by atoms with Gasteiger partial charge in [-0.05, 0) is 5.56 Å². The second-order valence-corrected chi connectivity index (χ2v) is 2.51. The highest BCUT2D eigenvalue weighted by Crippen LogP contribution is 2.04. The van der Waals surface area contributed by atoms with Crippen molar-refractivity contribution in [2.45, 2.75) is 6.54 Å². The molecule has 0 unspecified atom stereocenters. The van der Waals surface area contributed by atoms with E-state index in [2.05, 4.69) is 0 Å². The minimum atomic E-state index is 0.457. The van der Waals surface area contributed by atoms with Gasteiger partial charge in [-0.15, -0.1) is 0 Å². The first-order chi connectivity index (χ1) is 5.33. The number of benzene rings is 1. The topological polar surface area (TPSA) is 27.0 Å². The maximum absolute atomic E-state index is 8.34. The van der Waals surface area contributed by atoms with Crippen LogP contribution in [-0.2, 0) is 6.54 Å². The van der Waals surface area contributed by atoms with Gasteiger partial charge in [-0.3, -0.25) is 0 Å². The van der Waals surface area contributed by atoms with Gasteiger partial charge in [0.05, 0.1) is 6.54 Å². The Bertz CT molecular complexity index is 253. The maximum Gasteiger partial charge on any atom is 0.195 e. The van der Waals surface area contributed by atoms with E-state index in [0.717, 1.165) is 9.98 Å². The van der Waals surface area contributed by atoms with Crippen molar-refractivity contribution in [2.24, 2.45) is 0 Å². The van der Waals surface area contributed by atoms with E-state index in [1.54, 1.807) is 0 Å². The molecule has 0 saturated heterocycles. The summed E-state index contributed by atoms with van der Waals surface area (Å²) in [5, 5.41) is 8.34. The lowest BCUT2D eigenvalue weighted by Gasteiger charge is -2.03. The van der Waals surface area contributed by atoms with Crippen LogP contribution in [-0.4, -0.2) is 4.42 Å². The van der Waals surface area contributed by atoms with Crippen LogP contribution in [0, 0.1) is 11.5 Å². The van der Waals surface area contributed by atoms with Gasteiger partial charge >= 0.3 is 0 Å². The quantitative estimate of drug-likeness (QED) is 0.382. The second-order valence-electron chi connectivity index (χ2n) is 2.11. The average molecular weight is 167 g/mol. The van der Waals surface area contributed by atoms with Crippen molar-refractivity contribution in [2.75, 3.05) is 0 Å². The minimum absolute atomic E-state index is 0.457. The molecule has 0 heterocycles. The predicted molar refractivity (Wildman–Crippen MR) is 43.5 cm³/mol. The Morgan fingerprint density at radius 2 is 2.00 bits per heavy atom. The molecule has 1 aromatic rings. The molecular formula is C8H7ClN2. The third-order valence-corrected chi connectivity index (χ3v) is 1.47. The van der Waals surface area contributed by atoms with Crippen molar-refractivity contribution in [1.29, 1.82) is 5.26 Å². The highest BCUT2D eigenvalue weighted by atomic mass is 35.5. The van der Waals surface area contributed by atoms with Crippen LogP contribution in [0.4, 0.5) is 0 Å². The Kier molecular flexibility index (Phi) is 2.76. The van der Waals surface area contributed by atoms with Crippen LogP contribution in [0.3, 0.4) is 0 Å². The fourth-order valence-electron chi connectivity index (χ4n) is 0.779. The minimum Gasteiger partial charge on any atom is -0.217 e.